The van der Waals surface area contributed by atoms with E-state index in [9.17, 15) is 0 Å². The molecule has 2 rings (SSSR count). The van der Waals surface area contributed by atoms with Gasteiger partial charge in [-0.15, -0.1) is 0 Å². The van der Waals surface area contributed by atoms with E-state index in [0.29, 0.717) is 6.04 Å². The molecule has 2 aliphatic rings. The van der Waals surface area contributed by atoms with E-state index in [1.54, 1.807) is 0 Å². The zero-order valence-corrected chi connectivity index (χ0v) is 13.2. The normalized spacial score (nSPS) is 27.7. The molecule has 0 saturated carbocycles. The molecule has 2 unspecified atom stereocenters. The molecule has 0 spiro atoms. The van der Waals surface area contributed by atoms with Crippen LogP contribution in [0.25, 0.3) is 0 Å². The monoisotopic (exact) mass is 282 g/mol. The highest BCUT2D eigenvalue weighted by Gasteiger charge is 2.31. The number of aliphatic imine (C=N–C) groups is 1. The Bertz CT molecular complexity index is 319. The van der Waals surface area contributed by atoms with Crippen LogP contribution in [-0.2, 0) is 4.74 Å². The van der Waals surface area contributed by atoms with Crippen molar-refractivity contribution in [3.8, 4) is 0 Å². The van der Waals surface area contributed by atoms with Gasteiger partial charge in [-0.2, -0.15) is 0 Å². The Kier molecular flexibility index (Phi) is 6.10. The number of morpholine rings is 1. The van der Waals surface area contributed by atoms with E-state index in [0.717, 1.165) is 44.5 Å². The highest BCUT2D eigenvalue weighted by molar-refractivity contribution is 5.79. The average Bonchev–Trinajstić information content (AvgIpc) is 2.89. The molecule has 2 N–H and O–H groups in total. The lowest BCUT2D eigenvalue weighted by atomic mass is 10.1. The standard InChI is InChI=1S/C15H30N4O/c1-12(2)6-7-17-15(16-3)18-9-14-10-19-8-4-5-13(19)11-20-14/h12-14H,4-11H2,1-3H3,(H2,16,17,18). The fourth-order valence-corrected chi connectivity index (χ4v) is 2.92. The van der Waals surface area contributed by atoms with Crippen molar-refractivity contribution in [1.82, 2.24) is 15.5 Å². The molecule has 5 nitrogen and oxygen atoms in total. The first-order valence-electron chi connectivity index (χ1n) is 7.99. The lowest BCUT2D eigenvalue weighted by molar-refractivity contribution is -0.0453. The maximum atomic E-state index is 5.94. The molecule has 0 aliphatic carbocycles. The van der Waals surface area contributed by atoms with E-state index in [1.807, 2.05) is 7.05 Å². The minimum atomic E-state index is 0.285. The van der Waals surface area contributed by atoms with E-state index in [4.69, 9.17) is 4.74 Å². The molecule has 2 saturated heterocycles. The van der Waals surface area contributed by atoms with Gasteiger partial charge in [0, 0.05) is 32.7 Å². The number of rotatable bonds is 5. The predicted octanol–water partition coefficient (Wildman–Crippen LogP) is 1.06. The number of ether oxygens (including phenoxy) is 1. The molecule has 116 valence electrons. The van der Waals surface area contributed by atoms with Crippen LogP contribution in [0.5, 0.6) is 0 Å². The Morgan fingerprint density at radius 3 is 3.00 bits per heavy atom. The van der Waals surface area contributed by atoms with Gasteiger partial charge in [-0.25, -0.2) is 0 Å². The Balaban J connectivity index is 1.65. The second-order valence-corrected chi connectivity index (χ2v) is 6.31. The molecule has 2 atom stereocenters. The minimum absolute atomic E-state index is 0.285. The lowest BCUT2D eigenvalue weighted by Gasteiger charge is -2.35. The first-order chi connectivity index (χ1) is 9.69. The summed E-state index contributed by atoms with van der Waals surface area (Å²) in [6, 6.07) is 0.676. The van der Waals surface area contributed by atoms with Gasteiger partial charge in [-0.05, 0) is 31.7 Å². The van der Waals surface area contributed by atoms with Crippen LogP contribution >= 0.6 is 0 Å². The van der Waals surface area contributed by atoms with Crippen LogP contribution in [0.3, 0.4) is 0 Å². The van der Waals surface area contributed by atoms with Crippen LogP contribution in [0.1, 0.15) is 33.1 Å². The summed E-state index contributed by atoms with van der Waals surface area (Å²) in [6.07, 6.45) is 4.08. The summed E-state index contributed by atoms with van der Waals surface area (Å²) in [5, 5.41) is 6.74. The van der Waals surface area contributed by atoms with Crippen LogP contribution in [0, 0.1) is 5.92 Å². The number of nitrogens with one attached hydrogen (secondary N) is 2. The van der Waals surface area contributed by atoms with Crippen LogP contribution in [0.15, 0.2) is 4.99 Å². The second-order valence-electron chi connectivity index (χ2n) is 6.31. The van der Waals surface area contributed by atoms with Crippen molar-refractivity contribution in [3.63, 3.8) is 0 Å². The molecule has 5 heteroatoms. The van der Waals surface area contributed by atoms with Gasteiger partial charge in [0.15, 0.2) is 5.96 Å². The van der Waals surface area contributed by atoms with Gasteiger partial charge in [0.05, 0.1) is 12.7 Å². The van der Waals surface area contributed by atoms with Gasteiger partial charge in [-0.1, -0.05) is 13.8 Å². The first-order valence-corrected chi connectivity index (χ1v) is 7.99. The summed E-state index contributed by atoms with van der Waals surface area (Å²) in [5.41, 5.74) is 0. The first kappa shape index (κ1) is 15.6. The van der Waals surface area contributed by atoms with Crippen molar-refractivity contribution in [3.05, 3.63) is 0 Å². The van der Waals surface area contributed by atoms with Crippen LogP contribution in [-0.4, -0.2) is 62.8 Å². The third-order valence-electron chi connectivity index (χ3n) is 4.20. The number of fused-ring (bicyclic) bond motifs is 1. The van der Waals surface area contributed by atoms with Crippen LogP contribution in [0.2, 0.25) is 0 Å². The van der Waals surface area contributed by atoms with Crippen LogP contribution < -0.4 is 10.6 Å². The van der Waals surface area contributed by atoms with E-state index in [2.05, 4.69) is 34.4 Å². The molecule has 0 aromatic carbocycles. The molecule has 0 radical (unpaired) electrons. The predicted molar refractivity (Wildman–Crippen MR) is 83.2 cm³/mol. The number of nitrogens with zero attached hydrogens (tertiary/aromatic N) is 2. The Hall–Kier alpha value is -0.810. The third kappa shape index (κ3) is 4.63. The molecule has 20 heavy (non-hydrogen) atoms. The quantitative estimate of drug-likeness (QED) is 0.585. The van der Waals surface area contributed by atoms with Crippen molar-refractivity contribution in [2.24, 2.45) is 10.9 Å². The highest BCUT2D eigenvalue weighted by Crippen LogP contribution is 2.22. The van der Waals surface area contributed by atoms with Crippen molar-refractivity contribution < 1.29 is 4.74 Å². The third-order valence-corrected chi connectivity index (χ3v) is 4.20. The topological polar surface area (TPSA) is 48.9 Å². The van der Waals surface area contributed by atoms with Crippen molar-refractivity contribution in [2.75, 3.05) is 39.8 Å². The second kappa shape index (κ2) is 7.84. The summed E-state index contributed by atoms with van der Waals surface area (Å²) in [5.74, 6) is 1.60. The smallest absolute Gasteiger partial charge is 0.191 e. The Morgan fingerprint density at radius 2 is 2.25 bits per heavy atom. The summed E-state index contributed by atoms with van der Waals surface area (Å²) in [6.45, 7) is 9.47. The largest absolute Gasteiger partial charge is 0.373 e. The molecule has 0 bridgehead atoms. The zero-order chi connectivity index (χ0) is 14.4. The van der Waals surface area contributed by atoms with Crippen molar-refractivity contribution in [2.45, 2.75) is 45.3 Å². The molecular formula is C15H30N4O. The van der Waals surface area contributed by atoms with E-state index in [1.165, 1.54) is 19.4 Å². The zero-order valence-electron chi connectivity index (χ0n) is 13.2. The number of hydrogen-bond acceptors (Lipinski definition) is 3. The van der Waals surface area contributed by atoms with Gasteiger partial charge in [0.25, 0.3) is 0 Å². The van der Waals surface area contributed by atoms with E-state index < -0.39 is 0 Å². The van der Waals surface area contributed by atoms with Gasteiger partial charge in [0.1, 0.15) is 0 Å². The number of guanidine groups is 1. The Morgan fingerprint density at radius 1 is 1.40 bits per heavy atom. The summed E-state index contributed by atoms with van der Waals surface area (Å²) in [7, 11) is 1.82. The van der Waals surface area contributed by atoms with E-state index >= 15 is 0 Å². The van der Waals surface area contributed by atoms with Crippen molar-refractivity contribution in [1.29, 1.82) is 0 Å². The molecule has 0 amide bonds. The minimum Gasteiger partial charge on any atom is -0.373 e. The summed E-state index contributed by atoms with van der Waals surface area (Å²) >= 11 is 0. The fourth-order valence-electron chi connectivity index (χ4n) is 2.92. The molecule has 0 aromatic heterocycles. The molecule has 2 heterocycles. The summed E-state index contributed by atoms with van der Waals surface area (Å²) in [4.78, 5) is 6.84. The molecule has 2 fully saturated rings. The highest BCUT2D eigenvalue weighted by atomic mass is 16.5. The SMILES string of the molecule is CN=C(NCCC(C)C)NCC1CN2CCCC2CO1. The summed E-state index contributed by atoms with van der Waals surface area (Å²) < 4.78 is 5.94. The van der Waals surface area contributed by atoms with Gasteiger partial charge < -0.3 is 15.4 Å². The molecule has 2 aliphatic heterocycles. The maximum Gasteiger partial charge on any atom is 0.191 e. The fraction of sp³-hybridized carbons (Fsp3) is 0.933. The lowest BCUT2D eigenvalue weighted by Crippen LogP contribution is -2.51. The average molecular weight is 282 g/mol. The van der Waals surface area contributed by atoms with Gasteiger partial charge in [0.2, 0.25) is 0 Å². The Labute approximate surface area is 123 Å². The molecular weight excluding hydrogens is 252 g/mol. The van der Waals surface area contributed by atoms with Gasteiger partial charge in [-0.3, -0.25) is 9.89 Å². The van der Waals surface area contributed by atoms with Gasteiger partial charge >= 0.3 is 0 Å². The maximum absolute atomic E-state index is 5.94. The van der Waals surface area contributed by atoms with Crippen LogP contribution in [0.4, 0.5) is 0 Å². The van der Waals surface area contributed by atoms with Crippen molar-refractivity contribution >= 4 is 5.96 Å². The van der Waals surface area contributed by atoms with E-state index in [-0.39, 0.29) is 6.10 Å². The number of hydrogen-bond donors (Lipinski definition) is 2. The molecule has 0 aromatic rings.